The molecule has 1 saturated heterocycles. The lowest BCUT2D eigenvalue weighted by atomic mass is 10.0. The van der Waals surface area contributed by atoms with E-state index in [1.165, 1.54) is 11.1 Å². The van der Waals surface area contributed by atoms with Gasteiger partial charge in [-0.15, -0.1) is 0 Å². The SMILES string of the molecule is Cc1cc(-c2cnc3nc(NC4CCNCC4)sc3c2)cc2cn(C)nc12. The molecule has 138 valence electrons. The second-order valence-electron chi connectivity index (χ2n) is 7.27. The third kappa shape index (κ3) is 3.17. The lowest BCUT2D eigenvalue weighted by Crippen LogP contribution is -2.35. The Balaban J connectivity index is 1.49. The van der Waals surface area contributed by atoms with Gasteiger partial charge in [-0.2, -0.15) is 5.10 Å². The Labute approximate surface area is 161 Å². The van der Waals surface area contributed by atoms with Gasteiger partial charge in [-0.1, -0.05) is 11.3 Å². The molecule has 0 spiro atoms. The minimum atomic E-state index is 0.502. The van der Waals surface area contributed by atoms with Crippen LogP contribution in [0.4, 0.5) is 5.13 Å². The average Bonchev–Trinajstić information content (AvgIpc) is 3.24. The Morgan fingerprint density at radius 1 is 1.19 bits per heavy atom. The Kier molecular flexibility index (Phi) is 4.06. The number of benzene rings is 1. The summed E-state index contributed by atoms with van der Waals surface area (Å²) in [5.74, 6) is 0. The van der Waals surface area contributed by atoms with Gasteiger partial charge in [0.2, 0.25) is 0 Å². The van der Waals surface area contributed by atoms with E-state index >= 15 is 0 Å². The molecule has 0 bridgehead atoms. The molecule has 0 saturated carbocycles. The second kappa shape index (κ2) is 6.58. The number of aryl methyl sites for hydroxylation is 2. The van der Waals surface area contributed by atoms with Gasteiger partial charge in [-0.05, 0) is 62.2 Å². The number of anilines is 1. The van der Waals surface area contributed by atoms with Crippen LogP contribution in [0.2, 0.25) is 0 Å². The molecule has 27 heavy (non-hydrogen) atoms. The van der Waals surface area contributed by atoms with Crippen LogP contribution in [0.5, 0.6) is 0 Å². The maximum Gasteiger partial charge on any atom is 0.185 e. The Hall–Kier alpha value is -2.51. The van der Waals surface area contributed by atoms with Gasteiger partial charge >= 0.3 is 0 Å². The number of thiazole rings is 1. The number of hydrogen-bond acceptors (Lipinski definition) is 6. The Bertz CT molecular complexity index is 1120. The van der Waals surface area contributed by atoms with Gasteiger partial charge in [0.15, 0.2) is 10.8 Å². The highest BCUT2D eigenvalue weighted by Crippen LogP contribution is 2.32. The fourth-order valence-corrected chi connectivity index (χ4v) is 4.72. The van der Waals surface area contributed by atoms with E-state index in [1.54, 1.807) is 11.3 Å². The number of nitrogens with one attached hydrogen (secondary N) is 2. The van der Waals surface area contributed by atoms with Gasteiger partial charge in [0, 0.05) is 36.4 Å². The molecule has 5 rings (SSSR count). The molecule has 0 atom stereocenters. The summed E-state index contributed by atoms with van der Waals surface area (Å²) in [7, 11) is 1.96. The van der Waals surface area contributed by atoms with E-state index in [4.69, 9.17) is 0 Å². The fourth-order valence-electron chi connectivity index (χ4n) is 3.78. The number of pyridine rings is 1. The van der Waals surface area contributed by atoms with Gasteiger partial charge < -0.3 is 10.6 Å². The van der Waals surface area contributed by atoms with Crippen molar-refractivity contribution < 1.29 is 0 Å². The van der Waals surface area contributed by atoms with Gasteiger partial charge in [-0.3, -0.25) is 4.68 Å². The third-order valence-electron chi connectivity index (χ3n) is 5.16. The molecule has 0 amide bonds. The predicted octanol–water partition coefficient (Wildman–Crippen LogP) is 3.72. The van der Waals surface area contributed by atoms with E-state index in [9.17, 15) is 0 Å². The summed E-state index contributed by atoms with van der Waals surface area (Å²) in [6, 6.07) is 7.08. The molecule has 1 fully saturated rings. The van der Waals surface area contributed by atoms with Crippen LogP contribution in [0, 0.1) is 6.92 Å². The quantitative estimate of drug-likeness (QED) is 0.569. The summed E-state index contributed by atoms with van der Waals surface area (Å²) in [5, 5.41) is 13.6. The van der Waals surface area contributed by atoms with Crippen LogP contribution in [0.25, 0.3) is 32.4 Å². The molecule has 2 N–H and O–H groups in total. The van der Waals surface area contributed by atoms with Crippen molar-refractivity contribution in [2.24, 2.45) is 7.05 Å². The van der Waals surface area contributed by atoms with Crippen molar-refractivity contribution in [3.63, 3.8) is 0 Å². The summed E-state index contributed by atoms with van der Waals surface area (Å²) in [6.07, 6.45) is 6.26. The number of rotatable bonds is 3. The van der Waals surface area contributed by atoms with E-state index < -0.39 is 0 Å². The predicted molar refractivity (Wildman–Crippen MR) is 111 cm³/mol. The maximum absolute atomic E-state index is 4.67. The highest BCUT2D eigenvalue weighted by Gasteiger charge is 2.15. The van der Waals surface area contributed by atoms with Crippen LogP contribution in [-0.4, -0.2) is 38.9 Å². The average molecular weight is 379 g/mol. The minimum absolute atomic E-state index is 0.502. The molecule has 3 aromatic heterocycles. The summed E-state index contributed by atoms with van der Waals surface area (Å²) >= 11 is 1.69. The first-order valence-corrected chi connectivity index (χ1v) is 10.2. The zero-order valence-corrected chi connectivity index (χ0v) is 16.3. The van der Waals surface area contributed by atoms with E-state index in [2.05, 4.69) is 57.0 Å². The minimum Gasteiger partial charge on any atom is -0.359 e. The van der Waals surface area contributed by atoms with Gasteiger partial charge in [0.1, 0.15) is 0 Å². The maximum atomic E-state index is 4.67. The van der Waals surface area contributed by atoms with Crippen molar-refractivity contribution in [2.75, 3.05) is 18.4 Å². The van der Waals surface area contributed by atoms with Crippen LogP contribution in [0.1, 0.15) is 18.4 Å². The molecule has 0 aliphatic carbocycles. The highest BCUT2D eigenvalue weighted by molar-refractivity contribution is 7.22. The monoisotopic (exact) mass is 378 g/mol. The molecule has 1 aliphatic heterocycles. The van der Waals surface area contributed by atoms with Crippen molar-refractivity contribution in [3.05, 3.63) is 36.2 Å². The van der Waals surface area contributed by atoms with Crippen molar-refractivity contribution in [2.45, 2.75) is 25.8 Å². The number of hydrogen-bond donors (Lipinski definition) is 2. The second-order valence-corrected chi connectivity index (χ2v) is 8.30. The number of aromatic nitrogens is 4. The summed E-state index contributed by atoms with van der Waals surface area (Å²) in [6.45, 7) is 4.25. The van der Waals surface area contributed by atoms with Gasteiger partial charge in [0.05, 0.1) is 10.2 Å². The first kappa shape index (κ1) is 16.6. The Morgan fingerprint density at radius 3 is 2.89 bits per heavy atom. The number of fused-ring (bicyclic) bond motifs is 2. The van der Waals surface area contributed by atoms with E-state index in [1.807, 2.05) is 17.9 Å². The van der Waals surface area contributed by atoms with Crippen molar-refractivity contribution >= 4 is 37.7 Å². The molecule has 6 nitrogen and oxygen atoms in total. The Morgan fingerprint density at radius 2 is 2.04 bits per heavy atom. The van der Waals surface area contributed by atoms with Gasteiger partial charge in [-0.25, -0.2) is 9.97 Å². The molecule has 7 heteroatoms. The zero-order chi connectivity index (χ0) is 18.4. The smallest absolute Gasteiger partial charge is 0.185 e. The topological polar surface area (TPSA) is 67.7 Å². The first-order valence-electron chi connectivity index (χ1n) is 9.34. The van der Waals surface area contributed by atoms with E-state index in [0.717, 1.165) is 57.9 Å². The standard InChI is InChI=1S/C20H22N6S/c1-12-7-13(8-15-11-26(2)25-18(12)15)14-9-17-19(22-10-14)24-20(27-17)23-16-3-5-21-6-4-16/h7-11,16,21H,3-6H2,1-2H3,(H,22,23,24). The van der Waals surface area contributed by atoms with Crippen LogP contribution < -0.4 is 10.6 Å². The van der Waals surface area contributed by atoms with Gasteiger partial charge in [0.25, 0.3) is 0 Å². The van der Waals surface area contributed by atoms with E-state index in [0.29, 0.717) is 6.04 Å². The van der Waals surface area contributed by atoms with Crippen molar-refractivity contribution in [3.8, 4) is 11.1 Å². The lowest BCUT2D eigenvalue weighted by molar-refractivity contribution is 0.479. The van der Waals surface area contributed by atoms with Crippen molar-refractivity contribution in [1.29, 1.82) is 0 Å². The van der Waals surface area contributed by atoms with Crippen LogP contribution >= 0.6 is 11.3 Å². The molecule has 0 unspecified atom stereocenters. The van der Waals surface area contributed by atoms with Crippen LogP contribution in [-0.2, 0) is 7.05 Å². The highest BCUT2D eigenvalue weighted by atomic mass is 32.1. The summed E-state index contributed by atoms with van der Waals surface area (Å²) in [4.78, 5) is 9.29. The number of piperidine rings is 1. The third-order valence-corrected chi connectivity index (χ3v) is 6.08. The molecule has 4 heterocycles. The van der Waals surface area contributed by atoms with Crippen LogP contribution in [0.15, 0.2) is 30.6 Å². The zero-order valence-electron chi connectivity index (χ0n) is 15.5. The van der Waals surface area contributed by atoms with E-state index in [-0.39, 0.29) is 0 Å². The summed E-state index contributed by atoms with van der Waals surface area (Å²) < 4.78 is 2.98. The molecular weight excluding hydrogens is 356 g/mol. The molecule has 1 aromatic carbocycles. The van der Waals surface area contributed by atoms with Crippen molar-refractivity contribution in [1.82, 2.24) is 25.1 Å². The molecule has 4 aromatic rings. The van der Waals surface area contributed by atoms with Crippen LogP contribution in [0.3, 0.4) is 0 Å². The molecule has 1 aliphatic rings. The molecular formula is C20H22N6S. The number of nitrogens with zero attached hydrogens (tertiary/aromatic N) is 4. The summed E-state index contributed by atoms with van der Waals surface area (Å²) in [5.41, 5.74) is 5.35. The molecule has 0 radical (unpaired) electrons. The normalized spacial score (nSPS) is 15.6. The first-order chi connectivity index (χ1) is 13.2. The fraction of sp³-hybridized carbons (Fsp3) is 0.350. The largest absolute Gasteiger partial charge is 0.359 e. The lowest BCUT2D eigenvalue weighted by Gasteiger charge is -2.23.